The van der Waals surface area contributed by atoms with Crippen LogP contribution >= 0.6 is 0 Å². The maximum Gasteiger partial charge on any atom is 0.407 e. The molecule has 0 aliphatic heterocycles. The van der Waals surface area contributed by atoms with E-state index in [1.807, 2.05) is 0 Å². The van der Waals surface area contributed by atoms with E-state index in [0.29, 0.717) is 22.8 Å². The first kappa shape index (κ1) is 22.9. The first-order chi connectivity index (χ1) is 14.1. The van der Waals surface area contributed by atoms with Crippen LogP contribution in [0.2, 0.25) is 0 Å². The Balaban J connectivity index is 2.15. The molecule has 2 aromatic carbocycles. The van der Waals surface area contributed by atoms with Gasteiger partial charge in [-0.3, -0.25) is 0 Å². The largest absolute Gasteiger partial charge is 0.493 e. The number of alkyl carbamates (subject to hydrolysis) is 1. The highest BCUT2D eigenvalue weighted by atomic mass is 16.6. The Bertz CT molecular complexity index is 903. The lowest BCUT2D eigenvalue weighted by Crippen LogP contribution is -2.34. The van der Waals surface area contributed by atoms with Crippen LogP contribution in [0.3, 0.4) is 0 Å². The molecule has 0 radical (unpaired) electrons. The summed E-state index contributed by atoms with van der Waals surface area (Å²) in [6, 6.07) is 10.0. The fourth-order valence-electron chi connectivity index (χ4n) is 2.62. The van der Waals surface area contributed by atoms with Gasteiger partial charge in [0.2, 0.25) is 0 Å². The molecule has 2 aromatic rings. The lowest BCUT2D eigenvalue weighted by atomic mass is 10.0. The molecular formula is C22H27NO7. The lowest BCUT2D eigenvalue weighted by Gasteiger charge is -2.19. The minimum Gasteiger partial charge on any atom is -0.493 e. The van der Waals surface area contributed by atoms with Crippen LogP contribution in [-0.4, -0.2) is 50.1 Å². The minimum atomic E-state index is -1.07. The van der Waals surface area contributed by atoms with Gasteiger partial charge in [0.1, 0.15) is 18.0 Å². The molecule has 0 aromatic heterocycles. The van der Waals surface area contributed by atoms with Crippen molar-refractivity contribution in [3.63, 3.8) is 0 Å². The third-order valence-corrected chi connectivity index (χ3v) is 3.91. The number of benzene rings is 2. The second-order valence-corrected chi connectivity index (χ2v) is 7.40. The van der Waals surface area contributed by atoms with E-state index in [2.05, 4.69) is 5.32 Å². The Labute approximate surface area is 175 Å². The molecule has 0 saturated carbocycles. The molecule has 0 heterocycles. The molecule has 0 atom stereocenters. The van der Waals surface area contributed by atoms with Crippen LogP contribution < -0.4 is 19.5 Å². The zero-order chi connectivity index (χ0) is 22.3. The second kappa shape index (κ2) is 9.87. The van der Waals surface area contributed by atoms with Crippen molar-refractivity contribution in [3.05, 3.63) is 42.0 Å². The molecule has 0 fully saturated rings. The number of hydrogen-bond donors (Lipinski definition) is 2. The summed E-state index contributed by atoms with van der Waals surface area (Å²) in [6.07, 6.45) is -0.545. The number of carbonyl (C=O) groups excluding carboxylic acids is 1. The number of carboxylic acid groups (broad SMARTS) is 1. The van der Waals surface area contributed by atoms with Gasteiger partial charge in [0.15, 0.2) is 11.5 Å². The number of carbonyl (C=O) groups is 2. The summed E-state index contributed by atoms with van der Waals surface area (Å²) in [5.41, 5.74) is 0.880. The number of amides is 1. The predicted octanol–water partition coefficient (Wildman–Crippen LogP) is 3.97. The summed E-state index contributed by atoms with van der Waals surface area (Å²) in [5.74, 6) is 0.389. The van der Waals surface area contributed by atoms with Crippen LogP contribution in [0, 0.1) is 0 Å². The lowest BCUT2D eigenvalue weighted by molar-refractivity contribution is 0.0520. The van der Waals surface area contributed by atoms with Gasteiger partial charge in [-0.2, -0.15) is 0 Å². The van der Waals surface area contributed by atoms with Gasteiger partial charge in [0.05, 0.1) is 26.3 Å². The van der Waals surface area contributed by atoms with Crippen LogP contribution in [0.5, 0.6) is 17.2 Å². The number of methoxy groups -OCH3 is 2. The van der Waals surface area contributed by atoms with Crippen LogP contribution in [0.15, 0.2) is 36.4 Å². The van der Waals surface area contributed by atoms with Gasteiger partial charge < -0.3 is 29.4 Å². The summed E-state index contributed by atoms with van der Waals surface area (Å²) < 4.78 is 21.4. The fourth-order valence-corrected chi connectivity index (χ4v) is 2.62. The molecule has 30 heavy (non-hydrogen) atoms. The predicted molar refractivity (Wildman–Crippen MR) is 112 cm³/mol. The number of nitrogens with one attached hydrogen (secondary N) is 1. The molecule has 0 unspecified atom stereocenters. The van der Waals surface area contributed by atoms with Crippen molar-refractivity contribution in [1.29, 1.82) is 0 Å². The maximum atomic E-state index is 11.7. The highest BCUT2D eigenvalue weighted by Gasteiger charge is 2.16. The van der Waals surface area contributed by atoms with Crippen LogP contribution in [-0.2, 0) is 4.74 Å². The highest BCUT2D eigenvalue weighted by molar-refractivity contribution is 5.90. The maximum absolute atomic E-state index is 11.7. The number of aromatic carboxylic acids is 1. The van der Waals surface area contributed by atoms with Gasteiger partial charge in [-0.1, -0.05) is 6.07 Å². The van der Waals surface area contributed by atoms with Gasteiger partial charge >= 0.3 is 12.1 Å². The summed E-state index contributed by atoms with van der Waals surface area (Å²) in [7, 11) is 3.07. The summed E-state index contributed by atoms with van der Waals surface area (Å²) in [5, 5.41) is 12.0. The van der Waals surface area contributed by atoms with E-state index < -0.39 is 17.7 Å². The molecule has 162 valence electrons. The zero-order valence-electron chi connectivity index (χ0n) is 17.8. The first-order valence-corrected chi connectivity index (χ1v) is 9.33. The molecule has 0 saturated heterocycles. The van der Waals surface area contributed by atoms with Crippen LogP contribution in [0.1, 0.15) is 31.1 Å². The average molecular weight is 417 g/mol. The number of ether oxygens (including phenoxy) is 4. The molecule has 8 nitrogen and oxygen atoms in total. The van der Waals surface area contributed by atoms with E-state index in [0.717, 1.165) is 5.56 Å². The van der Waals surface area contributed by atoms with E-state index >= 15 is 0 Å². The minimum absolute atomic E-state index is 0.0809. The van der Waals surface area contributed by atoms with E-state index in [1.54, 1.807) is 58.2 Å². The quantitative estimate of drug-likeness (QED) is 0.626. The van der Waals surface area contributed by atoms with Crippen molar-refractivity contribution in [2.45, 2.75) is 26.4 Å². The molecule has 0 bridgehead atoms. The molecule has 0 spiro atoms. The van der Waals surface area contributed by atoms with Gasteiger partial charge in [0, 0.05) is 0 Å². The molecular weight excluding hydrogens is 390 g/mol. The second-order valence-electron chi connectivity index (χ2n) is 7.40. The first-order valence-electron chi connectivity index (χ1n) is 9.33. The Morgan fingerprint density at radius 2 is 1.67 bits per heavy atom. The standard InChI is InChI=1S/C22H27NO7/c1-22(2,3)30-21(26)23-8-9-29-17-11-15(10-16(12-17)20(24)25)14-6-7-18(27-4)19(13-14)28-5/h6-7,10-13H,8-9H2,1-5H3,(H,23,26)(H,24,25). The third-order valence-electron chi connectivity index (χ3n) is 3.91. The Morgan fingerprint density at radius 3 is 2.27 bits per heavy atom. The Morgan fingerprint density at radius 1 is 0.967 bits per heavy atom. The van der Waals surface area contributed by atoms with Crippen molar-refractivity contribution < 1.29 is 33.6 Å². The van der Waals surface area contributed by atoms with Gasteiger partial charge in [-0.05, 0) is 62.2 Å². The topological polar surface area (TPSA) is 103 Å². The van der Waals surface area contributed by atoms with Crippen molar-refractivity contribution >= 4 is 12.1 Å². The summed E-state index contributed by atoms with van der Waals surface area (Å²) >= 11 is 0. The smallest absolute Gasteiger partial charge is 0.407 e. The van der Waals surface area contributed by atoms with Crippen LogP contribution in [0.4, 0.5) is 4.79 Å². The van der Waals surface area contributed by atoms with E-state index in [1.165, 1.54) is 13.2 Å². The van der Waals surface area contributed by atoms with Crippen molar-refractivity contribution in [2.24, 2.45) is 0 Å². The Hall–Kier alpha value is -3.42. The average Bonchev–Trinajstić information content (AvgIpc) is 2.69. The molecule has 2 N–H and O–H groups in total. The van der Waals surface area contributed by atoms with Crippen molar-refractivity contribution in [2.75, 3.05) is 27.4 Å². The molecule has 2 rings (SSSR count). The summed E-state index contributed by atoms with van der Waals surface area (Å²) in [6.45, 7) is 5.67. The molecule has 0 aliphatic rings. The van der Waals surface area contributed by atoms with Crippen molar-refractivity contribution in [1.82, 2.24) is 5.32 Å². The van der Waals surface area contributed by atoms with Gasteiger partial charge in [0.25, 0.3) is 0 Å². The highest BCUT2D eigenvalue weighted by Crippen LogP contribution is 2.34. The third kappa shape index (κ3) is 6.58. The van der Waals surface area contributed by atoms with E-state index in [-0.39, 0.29) is 18.7 Å². The number of hydrogen-bond acceptors (Lipinski definition) is 6. The monoisotopic (exact) mass is 417 g/mol. The Kier molecular flexibility index (Phi) is 7.52. The number of carboxylic acids is 1. The molecule has 0 aliphatic carbocycles. The number of rotatable bonds is 8. The van der Waals surface area contributed by atoms with Crippen LogP contribution in [0.25, 0.3) is 11.1 Å². The van der Waals surface area contributed by atoms with E-state index in [4.69, 9.17) is 18.9 Å². The van der Waals surface area contributed by atoms with Gasteiger partial charge in [-0.15, -0.1) is 0 Å². The van der Waals surface area contributed by atoms with Gasteiger partial charge in [-0.25, -0.2) is 9.59 Å². The molecule has 1 amide bonds. The SMILES string of the molecule is COc1ccc(-c2cc(OCCNC(=O)OC(C)(C)C)cc(C(=O)O)c2)cc1OC. The normalized spacial score (nSPS) is 10.8. The zero-order valence-corrected chi connectivity index (χ0v) is 17.8. The molecule has 8 heteroatoms. The van der Waals surface area contributed by atoms with Crippen molar-refractivity contribution in [3.8, 4) is 28.4 Å². The summed E-state index contributed by atoms with van der Waals surface area (Å²) in [4.78, 5) is 23.2. The van der Waals surface area contributed by atoms with E-state index in [9.17, 15) is 14.7 Å². The fraction of sp³-hybridized carbons (Fsp3) is 0.364.